The van der Waals surface area contributed by atoms with Crippen molar-refractivity contribution in [2.45, 2.75) is 45.1 Å². The summed E-state index contributed by atoms with van der Waals surface area (Å²) < 4.78 is 42.2. The standard InChI is InChI=1S/C30H27F3N6O2/c1-3-4-15-39-28(41)25-18-37(27(40)22-7-11-24(12-8-22)38-17-14-34-19-38)16-13-26(25)36-29(39)35-20(2)21-5-9-23(10-6-21)30(31,32)33/h1,5-12,14,17,19-20H,4,13,15-16,18H2,2H3,(H,35,36). The molecule has 11 heteroatoms. The Morgan fingerprint density at radius 3 is 2.51 bits per heavy atom. The fourth-order valence-electron chi connectivity index (χ4n) is 4.79. The van der Waals surface area contributed by atoms with Crippen molar-refractivity contribution < 1.29 is 18.0 Å². The summed E-state index contributed by atoms with van der Waals surface area (Å²) in [7, 11) is 0. The number of carbonyl (C=O) groups is 1. The summed E-state index contributed by atoms with van der Waals surface area (Å²) in [6.45, 7) is 2.46. The maximum Gasteiger partial charge on any atom is 0.416 e. The largest absolute Gasteiger partial charge is 0.416 e. The summed E-state index contributed by atoms with van der Waals surface area (Å²) in [6.07, 6.45) is 6.84. The van der Waals surface area contributed by atoms with Crippen molar-refractivity contribution in [1.29, 1.82) is 0 Å². The van der Waals surface area contributed by atoms with Crippen molar-refractivity contribution in [2.24, 2.45) is 0 Å². The first-order valence-electron chi connectivity index (χ1n) is 13.0. The number of terminal acetylenes is 1. The predicted molar refractivity (Wildman–Crippen MR) is 147 cm³/mol. The third-order valence-electron chi connectivity index (χ3n) is 7.08. The van der Waals surface area contributed by atoms with Gasteiger partial charge in [0, 0.05) is 49.6 Å². The molecule has 3 heterocycles. The molecule has 1 atom stereocenters. The number of carbonyl (C=O) groups excluding carboxylic acids is 1. The molecule has 1 aliphatic rings. The minimum Gasteiger partial charge on any atom is -0.349 e. The molecular weight excluding hydrogens is 533 g/mol. The highest BCUT2D eigenvalue weighted by atomic mass is 19.4. The van der Waals surface area contributed by atoms with Crippen molar-refractivity contribution in [3.63, 3.8) is 0 Å². The van der Waals surface area contributed by atoms with E-state index in [1.54, 1.807) is 36.5 Å². The molecule has 5 rings (SSSR count). The van der Waals surface area contributed by atoms with Crippen LogP contribution in [0.2, 0.25) is 0 Å². The second kappa shape index (κ2) is 11.3. The van der Waals surface area contributed by atoms with Crippen LogP contribution < -0.4 is 10.9 Å². The number of hydrogen-bond donors (Lipinski definition) is 1. The highest BCUT2D eigenvalue weighted by molar-refractivity contribution is 5.94. The Hall–Kier alpha value is -4.85. The highest BCUT2D eigenvalue weighted by Gasteiger charge is 2.30. The average Bonchev–Trinajstić information content (AvgIpc) is 3.51. The summed E-state index contributed by atoms with van der Waals surface area (Å²) in [6, 6.07) is 11.5. The molecular formula is C30H27F3N6O2. The average molecular weight is 561 g/mol. The van der Waals surface area contributed by atoms with Gasteiger partial charge in [-0.3, -0.25) is 14.2 Å². The number of aromatic nitrogens is 4. The number of fused-ring (bicyclic) bond motifs is 1. The molecule has 0 fully saturated rings. The summed E-state index contributed by atoms with van der Waals surface area (Å²) in [5, 5.41) is 3.18. The molecule has 0 spiro atoms. The van der Waals surface area contributed by atoms with Gasteiger partial charge in [-0.25, -0.2) is 9.97 Å². The second-order valence-electron chi connectivity index (χ2n) is 9.75. The van der Waals surface area contributed by atoms with Gasteiger partial charge in [0.05, 0.1) is 35.7 Å². The van der Waals surface area contributed by atoms with E-state index in [1.165, 1.54) is 16.7 Å². The molecule has 0 aliphatic carbocycles. The lowest BCUT2D eigenvalue weighted by Gasteiger charge is -2.29. The number of imidazole rings is 1. The monoisotopic (exact) mass is 560 g/mol. The van der Waals surface area contributed by atoms with Crippen LogP contribution in [0.1, 0.15) is 52.1 Å². The first kappa shape index (κ1) is 27.7. The van der Waals surface area contributed by atoms with E-state index in [1.807, 2.05) is 22.9 Å². The van der Waals surface area contributed by atoms with Crippen molar-refractivity contribution >= 4 is 11.9 Å². The maximum absolute atomic E-state index is 13.6. The van der Waals surface area contributed by atoms with Crippen LogP contribution >= 0.6 is 0 Å². The molecule has 0 saturated heterocycles. The fraction of sp³-hybridized carbons (Fsp3) is 0.267. The van der Waals surface area contributed by atoms with E-state index in [0.717, 1.165) is 17.8 Å². The number of nitrogens with one attached hydrogen (secondary N) is 1. The molecule has 4 aromatic rings. The lowest BCUT2D eigenvalue weighted by molar-refractivity contribution is -0.137. The molecule has 1 amide bonds. The Balaban J connectivity index is 1.38. The summed E-state index contributed by atoms with van der Waals surface area (Å²) in [5.41, 5.74) is 1.93. The highest BCUT2D eigenvalue weighted by Crippen LogP contribution is 2.30. The van der Waals surface area contributed by atoms with Gasteiger partial charge in [-0.1, -0.05) is 12.1 Å². The Morgan fingerprint density at radius 1 is 1.15 bits per heavy atom. The van der Waals surface area contributed by atoms with E-state index in [-0.39, 0.29) is 36.9 Å². The molecule has 2 aromatic carbocycles. The molecule has 1 N–H and O–H groups in total. The third kappa shape index (κ3) is 5.87. The SMILES string of the molecule is C#CCCn1c(NC(C)c2ccc(C(F)(F)F)cc2)nc2c(c1=O)CN(C(=O)c1ccc(-n3ccnc3)cc1)CC2. The number of hydrogen-bond acceptors (Lipinski definition) is 5. The van der Waals surface area contributed by atoms with Crippen LogP contribution in [0.25, 0.3) is 5.69 Å². The molecule has 41 heavy (non-hydrogen) atoms. The number of anilines is 1. The van der Waals surface area contributed by atoms with Crippen LogP contribution in [-0.4, -0.2) is 36.5 Å². The summed E-state index contributed by atoms with van der Waals surface area (Å²) in [5.74, 6) is 2.62. The van der Waals surface area contributed by atoms with Gasteiger partial charge in [0.1, 0.15) is 0 Å². The zero-order chi connectivity index (χ0) is 29.1. The minimum absolute atomic E-state index is 0.105. The number of benzene rings is 2. The van der Waals surface area contributed by atoms with Crippen molar-refractivity contribution in [1.82, 2.24) is 24.0 Å². The number of halogens is 3. The van der Waals surface area contributed by atoms with Gasteiger partial charge >= 0.3 is 6.18 Å². The van der Waals surface area contributed by atoms with E-state index in [9.17, 15) is 22.8 Å². The number of alkyl halides is 3. The lowest BCUT2D eigenvalue weighted by Crippen LogP contribution is -2.41. The van der Waals surface area contributed by atoms with Gasteiger partial charge in [-0.15, -0.1) is 12.3 Å². The molecule has 1 unspecified atom stereocenters. The predicted octanol–water partition coefficient (Wildman–Crippen LogP) is 4.84. The number of amides is 1. The number of rotatable bonds is 7. The van der Waals surface area contributed by atoms with Crippen LogP contribution in [0, 0.1) is 12.3 Å². The Morgan fingerprint density at radius 2 is 1.88 bits per heavy atom. The molecule has 0 radical (unpaired) electrons. The van der Waals surface area contributed by atoms with Crippen LogP contribution in [0.3, 0.4) is 0 Å². The first-order chi connectivity index (χ1) is 19.7. The van der Waals surface area contributed by atoms with Gasteiger partial charge < -0.3 is 14.8 Å². The Kier molecular flexibility index (Phi) is 7.66. The van der Waals surface area contributed by atoms with Gasteiger partial charge in [0.2, 0.25) is 5.95 Å². The van der Waals surface area contributed by atoms with Gasteiger partial charge in [0.15, 0.2) is 0 Å². The molecule has 1 aliphatic heterocycles. The van der Waals surface area contributed by atoms with E-state index in [0.29, 0.717) is 35.3 Å². The quantitative estimate of drug-likeness (QED) is 0.327. The summed E-state index contributed by atoms with van der Waals surface area (Å²) in [4.78, 5) is 37.3. The third-order valence-corrected chi connectivity index (χ3v) is 7.08. The van der Waals surface area contributed by atoms with Gasteiger partial charge in [-0.2, -0.15) is 13.2 Å². The van der Waals surface area contributed by atoms with Crippen molar-refractivity contribution in [3.8, 4) is 18.0 Å². The first-order valence-corrected chi connectivity index (χ1v) is 13.0. The minimum atomic E-state index is -4.43. The molecule has 210 valence electrons. The van der Waals surface area contributed by atoms with Crippen LogP contribution in [0.4, 0.5) is 19.1 Å². The second-order valence-corrected chi connectivity index (χ2v) is 9.75. The maximum atomic E-state index is 13.6. The zero-order valence-corrected chi connectivity index (χ0v) is 22.2. The van der Waals surface area contributed by atoms with Crippen LogP contribution in [0.5, 0.6) is 0 Å². The number of nitrogens with zero attached hydrogens (tertiary/aromatic N) is 5. The topological polar surface area (TPSA) is 85.0 Å². The van der Waals surface area contributed by atoms with Crippen LogP contribution in [0.15, 0.2) is 72.0 Å². The lowest BCUT2D eigenvalue weighted by atomic mass is 10.0. The van der Waals surface area contributed by atoms with E-state index in [2.05, 4.69) is 16.2 Å². The Bertz CT molecular complexity index is 1640. The van der Waals surface area contributed by atoms with Gasteiger partial charge in [0.25, 0.3) is 11.5 Å². The molecule has 0 saturated carbocycles. The van der Waals surface area contributed by atoms with E-state index < -0.39 is 17.8 Å². The van der Waals surface area contributed by atoms with Crippen molar-refractivity contribution in [2.75, 3.05) is 11.9 Å². The van der Waals surface area contributed by atoms with E-state index in [4.69, 9.17) is 11.4 Å². The van der Waals surface area contributed by atoms with Crippen molar-refractivity contribution in [3.05, 3.63) is 106 Å². The zero-order valence-electron chi connectivity index (χ0n) is 22.2. The molecule has 8 nitrogen and oxygen atoms in total. The van der Waals surface area contributed by atoms with Crippen LogP contribution in [-0.2, 0) is 25.7 Å². The Labute approximate surface area is 234 Å². The van der Waals surface area contributed by atoms with E-state index >= 15 is 0 Å². The fourth-order valence-corrected chi connectivity index (χ4v) is 4.79. The normalized spacial score (nSPS) is 13.8. The smallest absolute Gasteiger partial charge is 0.349 e. The molecule has 0 bridgehead atoms. The summed E-state index contributed by atoms with van der Waals surface area (Å²) >= 11 is 0. The molecule has 2 aromatic heterocycles. The van der Waals surface area contributed by atoms with Gasteiger partial charge in [-0.05, 0) is 48.9 Å².